The Bertz CT molecular complexity index is 291. The summed E-state index contributed by atoms with van der Waals surface area (Å²) in [4.78, 5) is 2.28. The van der Waals surface area contributed by atoms with E-state index in [0.717, 1.165) is 31.0 Å². The second-order valence-corrected chi connectivity index (χ2v) is 4.13. The van der Waals surface area contributed by atoms with Crippen molar-refractivity contribution in [3.63, 3.8) is 0 Å². The highest BCUT2D eigenvalue weighted by Gasteiger charge is 2.16. The van der Waals surface area contributed by atoms with Crippen LogP contribution >= 0.6 is 11.6 Å². The number of benzene rings is 1. The van der Waals surface area contributed by atoms with Gasteiger partial charge in [-0.3, -0.25) is 0 Å². The average molecular weight is 212 g/mol. The van der Waals surface area contributed by atoms with Crippen LogP contribution in [0.5, 0.6) is 0 Å². The summed E-state index contributed by atoms with van der Waals surface area (Å²) in [6, 6.07) is 7.86. The van der Waals surface area contributed by atoms with Crippen molar-refractivity contribution in [3.05, 3.63) is 29.3 Å². The minimum Gasteiger partial charge on any atom is -0.393 e. The molecule has 1 aromatic carbocycles. The number of nitrogens with zero attached hydrogens (tertiary/aromatic N) is 1. The van der Waals surface area contributed by atoms with Crippen LogP contribution in [0.1, 0.15) is 12.8 Å². The van der Waals surface area contributed by atoms with E-state index in [1.54, 1.807) is 0 Å². The van der Waals surface area contributed by atoms with Crippen LogP contribution < -0.4 is 4.90 Å². The van der Waals surface area contributed by atoms with Crippen LogP contribution in [0.2, 0.25) is 5.02 Å². The molecule has 1 aliphatic rings. The lowest BCUT2D eigenvalue weighted by Crippen LogP contribution is -2.35. The molecule has 1 saturated heterocycles. The molecule has 0 amide bonds. The number of anilines is 1. The first-order valence-corrected chi connectivity index (χ1v) is 5.32. The summed E-state index contributed by atoms with van der Waals surface area (Å²) in [7, 11) is 0. The van der Waals surface area contributed by atoms with Crippen LogP contribution in [-0.4, -0.2) is 24.3 Å². The first kappa shape index (κ1) is 9.81. The van der Waals surface area contributed by atoms with Crippen molar-refractivity contribution >= 4 is 17.3 Å². The summed E-state index contributed by atoms with van der Waals surface area (Å²) in [6.45, 7) is 1.87. The maximum atomic E-state index is 9.37. The van der Waals surface area contributed by atoms with Gasteiger partial charge in [0.2, 0.25) is 0 Å². The van der Waals surface area contributed by atoms with Crippen LogP contribution in [-0.2, 0) is 0 Å². The van der Waals surface area contributed by atoms with Crippen molar-refractivity contribution in [3.8, 4) is 0 Å². The molecule has 2 nitrogen and oxygen atoms in total. The van der Waals surface area contributed by atoms with E-state index in [-0.39, 0.29) is 6.10 Å². The van der Waals surface area contributed by atoms with Gasteiger partial charge < -0.3 is 10.0 Å². The zero-order valence-electron chi connectivity index (χ0n) is 7.99. The van der Waals surface area contributed by atoms with Crippen LogP contribution in [0.3, 0.4) is 0 Å². The number of aliphatic hydroxyl groups is 1. The monoisotopic (exact) mass is 211 g/mol. The Labute approximate surface area is 89.1 Å². The van der Waals surface area contributed by atoms with E-state index in [1.807, 2.05) is 24.3 Å². The summed E-state index contributed by atoms with van der Waals surface area (Å²) in [5.74, 6) is 0. The summed E-state index contributed by atoms with van der Waals surface area (Å²) in [6.07, 6.45) is 1.61. The zero-order chi connectivity index (χ0) is 9.97. The first-order valence-electron chi connectivity index (χ1n) is 4.94. The number of hydrogen-bond acceptors (Lipinski definition) is 2. The Kier molecular flexibility index (Phi) is 2.94. The van der Waals surface area contributed by atoms with Crippen LogP contribution in [0.4, 0.5) is 5.69 Å². The van der Waals surface area contributed by atoms with Crippen LogP contribution in [0.15, 0.2) is 24.3 Å². The molecule has 0 spiro atoms. The average Bonchev–Trinajstić information content (AvgIpc) is 2.21. The molecule has 0 radical (unpaired) electrons. The first-order chi connectivity index (χ1) is 6.75. The molecule has 0 unspecified atom stereocenters. The Morgan fingerprint density at radius 2 is 1.71 bits per heavy atom. The van der Waals surface area contributed by atoms with Crippen LogP contribution in [0.25, 0.3) is 0 Å². The molecule has 14 heavy (non-hydrogen) atoms. The van der Waals surface area contributed by atoms with Gasteiger partial charge in [0, 0.05) is 23.8 Å². The predicted octanol–water partition coefficient (Wildman–Crippen LogP) is 2.30. The van der Waals surface area contributed by atoms with E-state index in [9.17, 15) is 5.11 Å². The molecule has 1 heterocycles. The minimum absolute atomic E-state index is 0.112. The lowest BCUT2D eigenvalue weighted by molar-refractivity contribution is 0.145. The van der Waals surface area contributed by atoms with Gasteiger partial charge in [-0.1, -0.05) is 11.6 Å². The molecule has 0 atom stereocenters. The van der Waals surface area contributed by atoms with Gasteiger partial charge in [0.1, 0.15) is 0 Å². The highest BCUT2D eigenvalue weighted by Crippen LogP contribution is 2.21. The van der Waals surface area contributed by atoms with Gasteiger partial charge in [-0.2, -0.15) is 0 Å². The van der Waals surface area contributed by atoms with Crippen molar-refractivity contribution in [2.24, 2.45) is 0 Å². The second-order valence-electron chi connectivity index (χ2n) is 3.69. The quantitative estimate of drug-likeness (QED) is 0.771. The number of rotatable bonds is 1. The molecule has 3 heteroatoms. The molecule has 76 valence electrons. The normalized spacial score (nSPS) is 18.6. The maximum absolute atomic E-state index is 9.37. The summed E-state index contributed by atoms with van der Waals surface area (Å²) >= 11 is 5.82. The molecular formula is C11H14ClNO. The highest BCUT2D eigenvalue weighted by atomic mass is 35.5. The molecule has 1 aliphatic heterocycles. The van der Waals surface area contributed by atoms with Gasteiger partial charge >= 0.3 is 0 Å². The molecule has 1 fully saturated rings. The van der Waals surface area contributed by atoms with Gasteiger partial charge in [0.25, 0.3) is 0 Å². The van der Waals surface area contributed by atoms with E-state index in [4.69, 9.17) is 11.6 Å². The molecule has 1 N–H and O–H groups in total. The smallest absolute Gasteiger partial charge is 0.0574 e. The molecule has 0 aliphatic carbocycles. The third-order valence-electron chi connectivity index (χ3n) is 2.66. The second kappa shape index (κ2) is 4.20. The van der Waals surface area contributed by atoms with Gasteiger partial charge in [0.15, 0.2) is 0 Å². The van der Waals surface area contributed by atoms with Crippen molar-refractivity contribution in [1.82, 2.24) is 0 Å². The Morgan fingerprint density at radius 1 is 1.14 bits per heavy atom. The zero-order valence-corrected chi connectivity index (χ0v) is 8.74. The fraction of sp³-hybridized carbons (Fsp3) is 0.455. The lowest BCUT2D eigenvalue weighted by atomic mass is 10.1. The van der Waals surface area contributed by atoms with Crippen molar-refractivity contribution < 1.29 is 5.11 Å². The summed E-state index contributed by atoms with van der Waals surface area (Å²) in [5, 5.41) is 10.1. The summed E-state index contributed by atoms with van der Waals surface area (Å²) in [5.41, 5.74) is 1.20. The highest BCUT2D eigenvalue weighted by molar-refractivity contribution is 6.30. The Morgan fingerprint density at radius 3 is 2.29 bits per heavy atom. The molecule has 0 bridgehead atoms. The van der Waals surface area contributed by atoms with Gasteiger partial charge in [-0.05, 0) is 37.1 Å². The topological polar surface area (TPSA) is 23.5 Å². The summed E-state index contributed by atoms with van der Waals surface area (Å²) < 4.78 is 0. The minimum atomic E-state index is -0.112. The molecule has 2 rings (SSSR count). The fourth-order valence-electron chi connectivity index (χ4n) is 1.78. The molecule has 0 aromatic heterocycles. The van der Waals surface area contributed by atoms with Crippen molar-refractivity contribution in [2.45, 2.75) is 18.9 Å². The van der Waals surface area contributed by atoms with Crippen molar-refractivity contribution in [2.75, 3.05) is 18.0 Å². The Hall–Kier alpha value is -0.730. The molecule has 1 aromatic rings. The standard InChI is InChI=1S/C11H14ClNO/c12-9-1-3-10(4-2-9)13-7-5-11(14)6-8-13/h1-4,11,14H,5-8H2. The third kappa shape index (κ3) is 2.20. The van der Waals surface area contributed by atoms with E-state index in [2.05, 4.69) is 4.90 Å². The Balaban J connectivity index is 2.05. The van der Waals surface area contributed by atoms with E-state index >= 15 is 0 Å². The lowest BCUT2D eigenvalue weighted by Gasteiger charge is -2.31. The number of hydrogen-bond donors (Lipinski definition) is 1. The van der Waals surface area contributed by atoms with E-state index < -0.39 is 0 Å². The predicted molar refractivity (Wildman–Crippen MR) is 58.9 cm³/mol. The largest absolute Gasteiger partial charge is 0.393 e. The van der Waals surface area contributed by atoms with E-state index in [0.29, 0.717) is 0 Å². The number of halogens is 1. The van der Waals surface area contributed by atoms with E-state index in [1.165, 1.54) is 5.69 Å². The number of piperidine rings is 1. The van der Waals surface area contributed by atoms with Gasteiger partial charge in [0.05, 0.1) is 6.10 Å². The van der Waals surface area contributed by atoms with Gasteiger partial charge in [-0.15, -0.1) is 0 Å². The SMILES string of the molecule is OC1CCN(c2ccc(Cl)cc2)CC1. The maximum Gasteiger partial charge on any atom is 0.0574 e. The molecule has 0 saturated carbocycles. The van der Waals surface area contributed by atoms with Crippen molar-refractivity contribution in [1.29, 1.82) is 0 Å². The van der Waals surface area contributed by atoms with Gasteiger partial charge in [-0.25, -0.2) is 0 Å². The molecular weight excluding hydrogens is 198 g/mol. The number of aliphatic hydroxyl groups excluding tert-OH is 1. The van der Waals surface area contributed by atoms with Crippen LogP contribution in [0, 0.1) is 0 Å². The fourth-order valence-corrected chi connectivity index (χ4v) is 1.90. The third-order valence-corrected chi connectivity index (χ3v) is 2.91.